The van der Waals surface area contributed by atoms with Crippen molar-refractivity contribution < 1.29 is 19.4 Å². The van der Waals surface area contributed by atoms with Gasteiger partial charge in [-0.05, 0) is 70.3 Å². The number of aromatic nitrogens is 1. The van der Waals surface area contributed by atoms with Crippen LogP contribution in [0.5, 0.6) is 0 Å². The monoisotopic (exact) mass is 381 g/mol. The molecule has 0 amide bonds. The lowest BCUT2D eigenvalue weighted by Gasteiger charge is -2.58. The van der Waals surface area contributed by atoms with Crippen LogP contribution in [0, 0.1) is 24.2 Å². The lowest BCUT2D eigenvalue weighted by molar-refractivity contribution is -0.197. The molecule has 5 nitrogen and oxygen atoms in total. The number of rotatable bonds is 4. The number of ketones is 1. The highest BCUT2D eigenvalue weighted by Crippen LogP contribution is 2.62. The lowest BCUT2D eigenvalue weighted by Crippen LogP contribution is -2.58. The van der Waals surface area contributed by atoms with Gasteiger partial charge in [-0.3, -0.25) is 9.59 Å². The maximum atomic E-state index is 13.2. The van der Waals surface area contributed by atoms with Crippen LogP contribution in [0.1, 0.15) is 61.5 Å². The second kappa shape index (κ2) is 5.93. The Balaban J connectivity index is 1.38. The van der Waals surface area contributed by atoms with Crippen LogP contribution in [0.3, 0.4) is 0 Å². The van der Waals surface area contributed by atoms with Gasteiger partial charge in [-0.25, -0.2) is 0 Å². The Morgan fingerprint density at radius 3 is 2.54 bits per heavy atom. The molecule has 4 aliphatic carbocycles. The number of carbonyl (C=O) groups excluding carboxylic acids is 2. The van der Waals surface area contributed by atoms with Crippen molar-refractivity contribution in [2.24, 2.45) is 17.3 Å². The predicted molar refractivity (Wildman–Crippen MR) is 105 cm³/mol. The van der Waals surface area contributed by atoms with Gasteiger partial charge in [-0.1, -0.05) is 18.2 Å². The topological polar surface area (TPSA) is 79.4 Å². The van der Waals surface area contributed by atoms with E-state index in [1.807, 2.05) is 31.2 Å². The Morgan fingerprint density at radius 2 is 1.86 bits per heavy atom. The van der Waals surface area contributed by atoms with Crippen LogP contribution >= 0.6 is 0 Å². The third kappa shape index (κ3) is 2.63. The standard InChI is InChI=1S/C23H27NO4/c1-13-19(17-5-3-4-6-18(17)24-13)20(25)14(2)28-21(26)22-8-15-7-16(9-22)11-23(27,10-15)12-22/h3-6,14-16,24,27H,7-12H2,1-2H3/t14-,15-,16+,22?,23?/m1/s1. The summed E-state index contributed by atoms with van der Waals surface area (Å²) in [6.07, 6.45) is 3.95. The van der Waals surface area contributed by atoms with Crippen molar-refractivity contribution in [3.05, 3.63) is 35.5 Å². The van der Waals surface area contributed by atoms with E-state index in [4.69, 9.17) is 4.74 Å². The summed E-state index contributed by atoms with van der Waals surface area (Å²) < 4.78 is 5.76. The number of H-pyrrole nitrogens is 1. The van der Waals surface area contributed by atoms with Crippen LogP contribution < -0.4 is 0 Å². The van der Waals surface area contributed by atoms with Gasteiger partial charge in [0, 0.05) is 22.2 Å². The van der Waals surface area contributed by atoms with Gasteiger partial charge in [-0.2, -0.15) is 0 Å². The van der Waals surface area contributed by atoms with Crippen LogP contribution in [-0.2, 0) is 9.53 Å². The van der Waals surface area contributed by atoms with Gasteiger partial charge in [0.15, 0.2) is 6.10 Å². The first kappa shape index (κ1) is 17.9. The molecule has 5 atom stereocenters. The highest BCUT2D eigenvalue weighted by Gasteiger charge is 2.61. The minimum Gasteiger partial charge on any atom is -0.454 e. The molecule has 4 bridgehead atoms. The zero-order chi connectivity index (χ0) is 19.7. The number of aliphatic hydroxyl groups is 1. The molecule has 0 radical (unpaired) electrons. The molecule has 2 N–H and O–H groups in total. The van der Waals surface area contributed by atoms with Gasteiger partial charge in [0.25, 0.3) is 0 Å². The molecular formula is C23H27NO4. The van der Waals surface area contributed by atoms with E-state index in [-0.39, 0.29) is 11.8 Å². The second-order valence-electron chi connectivity index (χ2n) is 9.55. The number of para-hydroxylation sites is 1. The third-order valence-corrected chi connectivity index (χ3v) is 7.26. The quantitative estimate of drug-likeness (QED) is 0.621. The summed E-state index contributed by atoms with van der Waals surface area (Å²) in [6.45, 7) is 3.53. The molecule has 4 aliphatic rings. The number of Topliss-reactive ketones (excluding diaryl/α,β-unsaturated/α-hetero) is 1. The van der Waals surface area contributed by atoms with Crippen molar-refractivity contribution in [2.75, 3.05) is 0 Å². The SMILES string of the molecule is Cc1[nH]c2ccccc2c1C(=O)[C@@H](C)OC(=O)C12C[C@@H]3C[C@@H](CC(O)(C3)C1)C2. The highest BCUT2D eigenvalue weighted by molar-refractivity contribution is 6.11. The first-order valence-electron chi connectivity index (χ1n) is 10.3. The molecular weight excluding hydrogens is 354 g/mol. The number of hydrogen-bond donors (Lipinski definition) is 2. The summed E-state index contributed by atoms with van der Waals surface area (Å²) in [5.41, 5.74) is 0.968. The first-order valence-corrected chi connectivity index (χ1v) is 10.3. The Bertz CT molecular complexity index is 960. The van der Waals surface area contributed by atoms with Crippen molar-refractivity contribution in [2.45, 2.75) is 64.1 Å². The molecule has 0 saturated heterocycles. The van der Waals surface area contributed by atoms with Crippen molar-refractivity contribution in [3.63, 3.8) is 0 Å². The molecule has 2 unspecified atom stereocenters. The van der Waals surface area contributed by atoms with E-state index in [1.54, 1.807) is 6.92 Å². The van der Waals surface area contributed by atoms with E-state index in [0.29, 0.717) is 23.8 Å². The summed E-state index contributed by atoms with van der Waals surface area (Å²) in [5, 5.41) is 11.7. The summed E-state index contributed by atoms with van der Waals surface area (Å²) in [6, 6.07) is 7.67. The van der Waals surface area contributed by atoms with Gasteiger partial charge in [-0.15, -0.1) is 0 Å². The molecule has 148 valence electrons. The van der Waals surface area contributed by atoms with E-state index in [2.05, 4.69) is 4.98 Å². The molecule has 4 fully saturated rings. The van der Waals surface area contributed by atoms with Crippen molar-refractivity contribution in [1.29, 1.82) is 0 Å². The number of carbonyl (C=O) groups is 2. The van der Waals surface area contributed by atoms with Gasteiger partial charge in [0.1, 0.15) is 0 Å². The fourth-order valence-electron chi connectivity index (χ4n) is 6.59. The Hall–Kier alpha value is -2.14. The maximum Gasteiger partial charge on any atom is 0.312 e. The van der Waals surface area contributed by atoms with Crippen molar-refractivity contribution in [1.82, 2.24) is 4.98 Å². The summed E-state index contributed by atoms with van der Waals surface area (Å²) in [5.74, 6) is 0.339. The van der Waals surface area contributed by atoms with Crippen LogP contribution in [-0.4, -0.2) is 33.5 Å². The molecule has 4 saturated carbocycles. The molecule has 1 aromatic heterocycles. The Morgan fingerprint density at radius 1 is 1.18 bits per heavy atom. The molecule has 1 heterocycles. The molecule has 0 spiro atoms. The minimum atomic E-state index is -0.840. The molecule has 2 aromatic rings. The normalized spacial score (nSPS) is 34.5. The average molecular weight is 381 g/mol. The van der Waals surface area contributed by atoms with Gasteiger partial charge in [0.2, 0.25) is 5.78 Å². The van der Waals surface area contributed by atoms with Crippen molar-refractivity contribution in [3.8, 4) is 0 Å². The molecule has 0 aliphatic heterocycles. The predicted octanol–water partition coefficient (Wildman–Crippen LogP) is 3.92. The summed E-state index contributed by atoms with van der Waals surface area (Å²) >= 11 is 0. The number of aryl methyl sites for hydroxylation is 1. The van der Waals surface area contributed by atoms with Crippen LogP contribution in [0.15, 0.2) is 24.3 Å². The van der Waals surface area contributed by atoms with Crippen LogP contribution in [0.4, 0.5) is 0 Å². The van der Waals surface area contributed by atoms with Gasteiger partial charge < -0.3 is 14.8 Å². The number of fused-ring (bicyclic) bond motifs is 1. The summed E-state index contributed by atoms with van der Waals surface area (Å²) in [4.78, 5) is 29.5. The van der Waals surface area contributed by atoms with Gasteiger partial charge in [0.05, 0.1) is 11.0 Å². The van der Waals surface area contributed by atoms with E-state index < -0.39 is 17.1 Å². The van der Waals surface area contributed by atoms with E-state index >= 15 is 0 Å². The summed E-state index contributed by atoms with van der Waals surface area (Å²) in [7, 11) is 0. The van der Waals surface area contributed by atoms with Crippen molar-refractivity contribution >= 4 is 22.7 Å². The number of hydrogen-bond acceptors (Lipinski definition) is 4. The average Bonchev–Trinajstić information content (AvgIpc) is 2.94. The number of aromatic amines is 1. The molecule has 5 heteroatoms. The number of nitrogens with one attached hydrogen (secondary N) is 1. The zero-order valence-electron chi connectivity index (χ0n) is 16.5. The fraction of sp³-hybridized carbons (Fsp3) is 0.565. The number of esters is 1. The molecule has 6 rings (SSSR count). The highest BCUT2D eigenvalue weighted by atomic mass is 16.5. The third-order valence-electron chi connectivity index (χ3n) is 7.26. The minimum absolute atomic E-state index is 0.174. The molecule has 1 aromatic carbocycles. The van der Waals surface area contributed by atoms with Crippen LogP contribution in [0.25, 0.3) is 10.9 Å². The van der Waals surface area contributed by atoms with E-state index in [1.165, 1.54) is 0 Å². The Kier molecular flexibility index (Phi) is 3.80. The lowest BCUT2D eigenvalue weighted by atomic mass is 9.48. The van der Waals surface area contributed by atoms with E-state index in [9.17, 15) is 14.7 Å². The number of ether oxygens (including phenoxy) is 1. The zero-order valence-corrected chi connectivity index (χ0v) is 16.5. The Labute approximate surface area is 164 Å². The maximum absolute atomic E-state index is 13.2. The van der Waals surface area contributed by atoms with E-state index in [0.717, 1.165) is 48.7 Å². The fourth-order valence-corrected chi connectivity index (χ4v) is 6.59. The first-order chi connectivity index (χ1) is 13.3. The smallest absolute Gasteiger partial charge is 0.312 e. The van der Waals surface area contributed by atoms with Gasteiger partial charge >= 0.3 is 5.97 Å². The second-order valence-corrected chi connectivity index (χ2v) is 9.55. The molecule has 28 heavy (non-hydrogen) atoms. The number of benzene rings is 1. The van der Waals surface area contributed by atoms with Crippen LogP contribution in [0.2, 0.25) is 0 Å². The largest absolute Gasteiger partial charge is 0.454 e.